The Kier molecular flexibility index (Phi) is 3.75. The second kappa shape index (κ2) is 5.93. The number of para-hydroxylation sites is 2. The highest BCUT2D eigenvalue weighted by atomic mass is 16.2. The first-order valence-electron chi connectivity index (χ1n) is 8.70. The van der Waals surface area contributed by atoms with E-state index in [4.69, 9.17) is 0 Å². The van der Waals surface area contributed by atoms with Crippen LogP contribution in [0.5, 0.6) is 0 Å². The molecule has 2 aliphatic rings. The Morgan fingerprint density at radius 1 is 1.17 bits per heavy atom. The van der Waals surface area contributed by atoms with Crippen LogP contribution < -0.4 is 9.80 Å². The zero-order valence-electron chi connectivity index (χ0n) is 14.2. The van der Waals surface area contributed by atoms with Crippen LogP contribution in [0.1, 0.15) is 31.2 Å². The molecule has 24 heavy (non-hydrogen) atoms. The molecule has 0 radical (unpaired) electrons. The van der Waals surface area contributed by atoms with Gasteiger partial charge in [0.1, 0.15) is 0 Å². The summed E-state index contributed by atoms with van der Waals surface area (Å²) in [6.45, 7) is 3.13. The van der Waals surface area contributed by atoms with Crippen molar-refractivity contribution >= 4 is 17.3 Å². The molecule has 1 aliphatic heterocycles. The zero-order valence-corrected chi connectivity index (χ0v) is 14.2. The molecule has 1 aliphatic carbocycles. The average Bonchev–Trinajstić information content (AvgIpc) is 3.42. The van der Waals surface area contributed by atoms with Gasteiger partial charge >= 0.3 is 0 Å². The van der Waals surface area contributed by atoms with Crippen LogP contribution in [-0.4, -0.2) is 30.5 Å². The summed E-state index contributed by atoms with van der Waals surface area (Å²) in [5.41, 5.74) is 3.38. The van der Waals surface area contributed by atoms with Crippen LogP contribution in [-0.2, 0) is 4.79 Å². The van der Waals surface area contributed by atoms with Gasteiger partial charge in [-0.05, 0) is 49.4 Å². The van der Waals surface area contributed by atoms with Gasteiger partial charge in [-0.25, -0.2) is 0 Å². The molecule has 1 saturated carbocycles. The van der Waals surface area contributed by atoms with E-state index >= 15 is 0 Å². The molecule has 124 valence electrons. The molecule has 4 nitrogen and oxygen atoms in total. The molecule has 1 aromatic carbocycles. The fraction of sp³-hybridized carbons (Fsp3) is 0.400. The maximum Gasteiger partial charge on any atom is 0.231 e. The smallest absolute Gasteiger partial charge is 0.231 e. The lowest BCUT2D eigenvalue weighted by Crippen LogP contribution is -2.39. The Morgan fingerprint density at radius 2 is 1.96 bits per heavy atom. The van der Waals surface area contributed by atoms with Crippen LogP contribution in [0.15, 0.2) is 48.8 Å². The Hall–Kier alpha value is -2.36. The van der Waals surface area contributed by atoms with Crippen LogP contribution in [0.2, 0.25) is 0 Å². The van der Waals surface area contributed by atoms with Crippen molar-refractivity contribution in [2.45, 2.75) is 31.7 Å². The molecule has 4 heteroatoms. The largest absolute Gasteiger partial charge is 0.373 e. The van der Waals surface area contributed by atoms with E-state index in [-0.39, 0.29) is 17.9 Å². The lowest BCUT2D eigenvalue weighted by molar-refractivity contribution is -0.120. The van der Waals surface area contributed by atoms with E-state index in [9.17, 15) is 4.79 Å². The first kappa shape index (κ1) is 15.2. The third kappa shape index (κ3) is 2.56. The Bertz CT molecular complexity index is 746. The molecule has 1 fully saturated rings. The second-order valence-electron chi connectivity index (χ2n) is 6.99. The topological polar surface area (TPSA) is 36.4 Å². The number of anilines is 2. The number of pyridine rings is 1. The minimum absolute atomic E-state index is 0.0908. The Balaban J connectivity index is 1.63. The fourth-order valence-corrected chi connectivity index (χ4v) is 3.80. The molecule has 0 bridgehead atoms. The van der Waals surface area contributed by atoms with E-state index in [0.717, 1.165) is 30.8 Å². The number of rotatable bonds is 2. The van der Waals surface area contributed by atoms with Gasteiger partial charge in [-0.3, -0.25) is 9.78 Å². The fourth-order valence-electron chi connectivity index (χ4n) is 3.80. The lowest BCUT2D eigenvalue weighted by Gasteiger charge is -2.29. The number of hydrogen-bond donors (Lipinski definition) is 0. The highest BCUT2D eigenvalue weighted by Gasteiger charge is 2.47. The lowest BCUT2D eigenvalue weighted by atomic mass is 10.1. The number of carbonyl (C=O) groups excluding carboxylic acids is 1. The van der Waals surface area contributed by atoms with Crippen molar-refractivity contribution in [3.63, 3.8) is 0 Å². The third-order valence-electron chi connectivity index (χ3n) is 5.33. The van der Waals surface area contributed by atoms with E-state index in [1.807, 2.05) is 29.3 Å². The van der Waals surface area contributed by atoms with Crippen molar-refractivity contribution in [2.24, 2.45) is 5.92 Å². The van der Waals surface area contributed by atoms with Crippen molar-refractivity contribution in [3.05, 3.63) is 54.4 Å². The molecule has 0 spiro atoms. The standard InChI is InChI=1S/C20H23N3O/c1-14-9-11-22(2)18-7-3-4-8-19(18)23(14)20(24)17-12-16(17)15-6-5-10-21-13-15/h3-8,10,13-14,16-17H,9,11-12H2,1-2H3/t14-,16+,17-/m1/s1. The summed E-state index contributed by atoms with van der Waals surface area (Å²) in [7, 11) is 2.11. The van der Waals surface area contributed by atoms with Gasteiger partial charge in [-0.1, -0.05) is 18.2 Å². The first-order valence-corrected chi connectivity index (χ1v) is 8.70. The summed E-state index contributed by atoms with van der Waals surface area (Å²) in [5.74, 6) is 0.679. The number of fused-ring (bicyclic) bond motifs is 1. The summed E-state index contributed by atoms with van der Waals surface area (Å²) < 4.78 is 0. The normalized spacial score (nSPS) is 25.8. The molecular weight excluding hydrogens is 298 g/mol. The number of nitrogens with zero attached hydrogens (tertiary/aromatic N) is 3. The molecule has 0 N–H and O–H groups in total. The molecule has 1 amide bonds. The summed E-state index contributed by atoms with van der Waals surface area (Å²) >= 11 is 0. The minimum atomic E-state index is 0.0908. The molecule has 1 aromatic heterocycles. The van der Waals surface area contributed by atoms with E-state index in [2.05, 4.69) is 42.1 Å². The molecule has 0 saturated heterocycles. The summed E-state index contributed by atoms with van der Waals surface area (Å²) in [6.07, 6.45) is 5.60. The van der Waals surface area contributed by atoms with Crippen molar-refractivity contribution < 1.29 is 4.79 Å². The third-order valence-corrected chi connectivity index (χ3v) is 5.33. The maximum absolute atomic E-state index is 13.3. The van der Waals surface area contributed by atoms with Crippen LogP contribution in [0.25, 0.3) is 0 Å². The van der Waals surface area contributed by atoms with Gasteiger partial charge in [0.15, 0.2) is 0 Å². The molecule has 3 atom stereocenters. The van der Waals surface area contributed by atoms with E-state index in [1.54, 1.807) is 6.20 Å². The van der Waals surface area contributed by atoms with Gasteiger partial charge in [0.05, 0.1) is 11.4 Å². The zero-order chi connectivity index (χ0) is 16.7. The predicted octanol–water partition coefficient (Wildman–Crippen LogP) is 3.45. The van der Waals surface area contributed by atoms with E-state index in [1.165, 1.54) is 5.56 Å². The number of hydrogen-bond acceptors (Lipinski definition) is 3. The minimum Gasteiger partial charge on any atom is -0.373 e. The highest BCUT2D eigenvalue weighted by molar-refractivity contribution is 6.01. The highest BCUT2D eigenvalue weighted by Crippen LogP contribution is 2.49. The van der Waals surface area contributed by atoms with E-state index < -0.39 is 0 Å². The molecule has 2 aromatic rings. The Labute approximate surface area is 143 Å². The summed E-state index contributed by atoms with van der Waals surface area (Å²) in [6, 6.07) is 12.5. The van der Waals surface area contributed by atoms with Gasteiger partial charge in [0, 0.05) is 37.9 Å². The SMILES string of the molecule is C[C@@H]1CCN(C)c2ccccc2N1C(=O)[C@@H]1C[C@H]1c1cccnc1. The van der Waals surface area contributed by atoms with Gasteiger partial charge < -0.3 is 9.80 Å². The quantitative estimate of drug-likeness (QED) is 0.850. The van der Waals surface area contributed by atoms with Crippen molar-refractivity contribution in [2.75, 3.05) is 23.4 Å². The number of carbonyl (C=O) groups is 1. The summed E-state index contributed by atoms with van der Waals surface area (Å²) in [4.78, 5) is 21.8. The maximum atomic E-state index is 13.3. The van der Waals surface area contributed by atoms with Crippen molar-refractivity contribution in [1.82, 2.24) is 4.98 Å². The van der Waals surface area contributed by atoms with Crippen LogP contribution in [0.4, 0.5) is 11.4 Å². The van der Waals surface area contributed by atoms with Gasteiger partial charge in [0.2, 0.25) is 5.91 Å². The molecule has 2 heterocycles. The first-order chi connectivity index (χ1) is 11.7. The van der Waals surface area contributed by atoms with Crippen LogP contribution in [0.3, 0.4) is 0 Å². The number of amides is 1. The number of benzene rings is 1. The second-order valence-corrected chi connectivity index (χ2v) is 6.99. The molecule has 0 unspecified atom stereocenters. The van der Waals surface area contributed by atoms with Crippen molar-refractivity contribution in [3.8, 4) is 0 Å². The molecule has 4 rings (SSSR count). The van der Waals surface area contributed by atoms with Gasteiger partial charge in [-0.15, -0.1) is 0 Å². The monoisotopic (exact) mass is 321 g/mol. The van der Waals surface area contributed by atoms with Crippen molar-refractivity contribution in [1.29, 1.82) is 0 Å². The predicted molar refractivity (Wildman–Crippen MR) is 96.4 cm³/mol. The summed E-state index contributed by atoms with van der Waals surface area (Å²) in [5, 5.41) is 0. The van der Waals surface area contributed by atoms with Crippen LogP contribution >= 0.6 is 0 Å². The number of aromatic nitrogens is 1. The van der Waals surface area contributed by atoms with E-state index in [0.29, 0.717) is 5.92 Å². The van der Waals surface area contributed by atoms with Gasteiger partial charge in [-0.2, -0.15) is 0 Å². The Morgan fingerprint density at radius 3 is 2.71 bits per heavy atom. The van der Waals surface area contributed by atoms with Crippen LogP contribution in [0, 0.1) is 5.92 Å². The van der Waals surface area contributed by atoms with Gasteiger partial charge in [0.25, 0.3) is 0 Å². The molecular formula is C20H23N3O. The average molecular weight is 321 g/mol.